The van der Waals surface area contributed by atoms with Crippen molar-refractivity contribution in [2.75, 3.05) is 0 Å². The Morgan fingerprint density at radius 2 is 0.392 bits per heavy atom. The summed E-state index contributed by atoms with van der Waals surface area (Å²) in [6, 6.07) is 73.4. The van der Waals surface area contributed by atoms with Crippen molar-refractivity contribution in [2.45, 2.75) is 92.9 Å². The molecule has 0 saturated carbocycles. The number of phenolic OH excluding ortho intramolecular Hbond substituents is 11. The molecule has 0 unspecified atom stereocenters. The lowest BCUT2D eigenvalue weighted by Gasteiger charge is -2.22. The summed E-state index contributed by atoms with van der Waals surface area (Å²) in [4.78, 5) is 0. The van der Waals surface area contributed by atoms with Gasteiger partial charge in [0.05, 0.1) is 0 Å². The monoisotopic (exact) mass is 1290 g/mol. The Hall–Kier alpha value is -11.6. The van der Waals surface area contributed by atoms with Gasteiger partial charge in [-0.2, -0.15) is 0 Å². The van der Waals surface area contributed by atoms with Crippen molar-refractivity contribution >= 4 is 0 Å². The third-order valence-electron chi connectivity index (χ3n) is 17.9. The molecule has 0 aliphatic heterocycles. The van der Waals surface area contributed by atoms with Crippen LogP contribution in [-0.2, 0) is 0 Å². The first-order chi connectivity index (χ1) is 46.3. The highest BCUT2D eigenvalue weighted by molar-refractivity contribution is 5.57. The minimum Gasteiger partial charge on any atom is -0.508 e. The van der Waals surface area contributed by atoms with Gasteiger partial charge < -0.3 is 56.2 Å². The van der Waals surface area contributed by atoms with Gasteiger partial charge in [0.15, 0.2) is 0 Å². The second-order valence-corrected chi connectivity index (χ2v) is 25.2. The molecular formula is C86H84O11. The van der Waals surface area contributed by atoms with Crippen LogP contribution < -0.4 is 0 Å². The highest BCUT2D eigenvalue weighted by Crippen LogP contribution is 2.43. The van der Waals surface area contributed by atoms with E-state index in [9.17, 15) is 56.2 Å². The second kappa shape index (κ2) is 30.7. The van der Waals surface area contributed by atoms with Crippen LogP contribution in [0.15, 0.2) is 237 Å². The number of hydrogen-bond donors (Lipinski definition) is 11. The highest BCUT2D eigenvalue weighted by Gasteiger charge is 2.25. The van der Waals surface area contributed by atoms with Crippen molar-refractivity contribution in [3.8, 4) is 63.2 Å². The van der Waals surface area contributed by atoms with Crippen LogP contribution in [0.3, 0.4) is 0 Å². The van der Waals surface area contributed by atoms with E-state index in [1.807, 2.05) is 221 Å². The third-order valence-corrected chi connectivity index (χ3v) is 17.9. The molecule has 0 heterocycles. The van der Waals surface area contributed by atoms with Crippen molar-refractivity contribution in [3.63, 3.8) is 0 Å². The topological polar surface area (TPSA) is 223 Å². The van der Waals surface area contributed by atoms with Crippen LogP contribution in [0.1, 0.15) is 146 Å². The summed E-state index contributed by atoms with van der Waals surface area (Å²) in [6.45, 7) is 18.8. The van der Waals surface area contributed by atoms with Gasteiger partial charge in [-0.05, 0) is 253 Å². The Labute approximate surface area is 568 Å². The van der Waals surface area contributed by atoms with Gasteiger partial charge in [0.25, 0.3) is 0 Å². The zero-order valence-corrected chi connectivity index (χ0v) is 56.2. The lowest BCUT2D eigenvalue weighted by atomic mass is 9.82. The van der Waals surface area contributed by atoms with Gasteiger partial charge in [-0.3, -0.25) is 0 Å². The Balaban J connectivity index is 0.000000152. The van der Waals surface area contributed by atoms with Crippen LogP contribution in [-0.4, -0.2) is 56.2 Å². The zero-order valence-electron chi connectivity index (χ0n) is 56.2. The quantitative estimate of drug-likeness (QED) is 0.0517. The van der Waals surface area contributed by atoms with Crippen molar-refractivity contribution in [2.24, 2.45) is 0 Å². The molecule has 0 radical (unpaired) electrons. The lowest BCUT2D eigenvalue weighted by Crippen LogP contribution is -2.05. The van der Waals surface area contributed by atoms with E-state index in [4.69, 9.17) is 0 Å². The van der Waals surface area contributed by atoms with Gasteiger partial charge >= 0.3 is 0 Å². The summed E-state index contributed by atoms with van der Waals surface area (Å²) in [5, 5.41) is 109. The fourth-order valence-electron chi connectivity index (χ4n) is 12.3. The van der Waals surface area contributed by atoms with Crippen molar-refractivity contribution in [3.05, 3.63) is 359 Å². The van der Waals surface area contributed by atoms with E-state index in [0.717, 1.165) is 117 Å². The number of hydrogen-bond acceptors (Lipinski definition) is 11. The van der Waals surface area contributed by atoms with E-state index in [-0.39, 0.29) is 69.7 Å². The predicted octanol–water partition coefficient (Wildman–Crippen LogP) is 19.3. The number of aromatic hydroxyl groups is 11. The smallest absolute Gasteiger partial charge is 0.121 e. The molecule has 0 spiro atoms. The van der Waals surface area contributed by atoms with E-state index in [1.54, 1.807) is 72.8 Å². The van der Waals surface area contributed by atoms with Crippen LogP contribution >= 0.6 is 0 Å². The van der Waals surface area contributed by atoms with E-state index in [1.165, 1.54) is 5.56 Å². The molecule has 0 aliphatic carbocycles. The second-order valence-electron chi connectivity index (χ2n) is 25.2. The van der Waals surface area contributed by atoms with Crippen LogP contribution in [0.25, 0.3) is 0 Å². The van der Waals surface area contributed by atoms with Gasteiger partial charge in [0.2, 0.25) is 0 Å². The molecule has 0 saturated heterocycles. The van der Waals surface area contributed by atoms with Gasteiger partial charge in [0.1, 0.15) is 63.2 Å². The van der Waals surface area contributed by atoms with Crippen LogP contribution in [0, 0.1) is 69.2 Å². The molecule has 0 aromatic heterocycles. The van der Waals surface area contributed by atoms with Crippen molar-refractivity contribution in [1.29, 1.82) is 0 Å². The molecule has 12 rings (SSSR count). The van der Waals surface area contributed by atoms with E-state index < -0.39 is 0 Å². The summed E-state index contributed by atoms with van der Waals surface area (Å²) < 4.78 is 0. The standard InChI is InChI=1S/C23H24O3.2C21H20O3.C21H20O2/c1-13-9-17(5-7-20(13)24)22(18-6-8-21(25)14(2)10-18)19-11-15(3)23(26)16(4)12-19;1-13-11-16(5-9-19(13)23)21(15-3-7-18(22)8-4-15)17-6-10-20(24)14(2)12-17;1-13-11-15(7-9-18(13)22)21(17-5-3-4-6-20(17)24)16-8-10-19(23)14(2)12-16;1-14-12-17(8-10-19(14)22)21(16-6-4-3-5-7-16)18-9-11-20(23)15(2)13-18/h5-12,22,24-26H,1-4H3;2*3-12,21-24H,1-2H3;3-13,21-23H,1-2H3. The molecule has 494 valence electrons. The Morgan fingerprint density at radius 3 is 0.660 bits per heavy atom. The summed E-state index contributed by atoms with van der Waals surface area (Å²) in [5.74, 6) is 2.71. The molecule has 11 nitrogen and oxygen atoms in total. The van der Waals surface area contributed by atoms with E-state index in [2.05, 4.69) is 12.1 Å². The first kappa shape index (κ1) is 69.8. The molecule has 97 heavy (non-hydrogen) atoms. The lowest BCUT2D eigenvalue weighted by molar-refractivity contribution is 0.465. The maximum atomic E-state index is 10.4. The van der Waals surface area contributed by atoms with Crippen molar-refractivity contribution in [1.82, 2.24) is 0 Å². The first-order valence-electron chi connectivity index (χ1n) is 32.0. The third kappa shape index (κ3) is 16.7. The van der Waals surface area contributed by atoms with Crippen molar-refractivity contribution < 1.29 is 56.2 Å². The Kier molecular flexibility index (Phi) is 22.1. The average Bonchev–Trinajstić information content (AvgIpc) is 0.814. The molecule has 0 atom stereocenters. The minimum atomic E-state index is -0.190. The summed E-state index contributed by atoms with van der Waals surface area (Å²) in [7, 11) is 0. The zero-order chi connectivity index (χ0) is 69.9. The molecule has 12 aromatic rings. The van der Waals surface area contributed by atoms with E-state index in [0.29, 0.717) is 17.2 Å². The molecule has 0 bridgehead atoms. The Morgan fingerprint density at radius 1 is 0.175 bits per heavy atom. The fourth-order valence-corrected chi connectivity index (χ4v) is 12.3. The van der Waals surface area contributed by atoms with Crippen LogP contribution in [0.2, 0.25) is 0 Å². The number of phenols is 11. The number of para-hydroxylation sites is 1. The minimum absolute atomic E-state index is 0.0517. The van der Waals surface area contributed by atoms with E-state index >= 15 is 0 Å². The first-order valence-corrected chi connectivity index (χ1v) is 32.0. The molecule has 0 amide bonds. The average molecular weight is 1290 g/mol. The maximum absolute atomic E-state index is 10.4. The summed E-state index contributed by atoms with van der Waals surface area (Å²) >= 11 is 0. The normalized spacial score (nSPS) is 11.0. The maximum Gasteiger partial charge on any atom is 0.121 e. The molecule has 11 heteroatoms. The van der Waals surface area contributed by atoms with Gasteiger partial charge in [0, 0.05) is 29.2 Å². The number of rotatable bonds is 12. The highest BCUT2D eigenvalue weighted by atomic mass is 16.3. The summed E-state index contributed by atoms with van der Waals surface area (Å²) in [5.41, 5.74) is 20.6. The van der Waals surface area contributed by atoms with Crippen LogP contribution in [0.4, 0.5) is 0 Å². The van der Waals surface area contributed by atoms with Gasteiger partial charge in [-0.25, -0.2) is 0 Å². The molecule has 11 N–H and O–H groups in total. The molecular weight excluding hydrogens is 1210 g/mol. The van der Waals surface area contributed by atoms with Crippen LogP contribution in [0.5, 0.6) is 63.2 Å². The van der Waals surface area contributed by atoms with Gasteiger partial charge in [-0.15, -0.1) is 0 Å². The largest absolute Gasteiger partial charge is 0.508 e. The number of aryl methyl sites for hydroxylation is 10. The summed E-state index contributed by atoms with van der Waals surface area (Å²) in [6.07, 6.45) is 0. The molecule has 12 aromatic carbocycles. The predicted molar refractivity (Wildman–Crippen MR) is 387 cm³/mol. The SMILES string of the molecule is Cc1cc(C(c2ccc(O)c(C)c2)c2cc(C)c(O)c(C)c2)ccc1O.Cc1cc(C(c2ccc(O)c(C)c2)c2ccccc2O)ccc1O.Cc1cc(C(c2ccc(O)cc2)c2ccc(O)c(C)c2)ccc1O.Cc1cc(C(c2ccccc2)c2ccc(O)c(C)c2)ccc1O. The Bertz CT molecular complexity index is 4520. The fraction of sp³-hybridized carbons (Fsp3) is 0.163. The molecule has 0 aliphatic rings. The number of benzene rings is 12. The molecule has 0 fully saturated rings. The van der Waals surface area contributed by atoms with Gasteiger partial charge in [-0.1, -0.05) is 170 Å².